The zero-order valence-corrected chi connectivity index (χ0v) is 13.7. The highest BCUT2D eigenvalue weighted by Gasteiger charge is 2.29. The normalized spacial score (nSPS) is 17.9. The number of sulfonamides is 1. The molecule has 21 heavy (non-hydrogen) atoms. The van der Waals surface area contributed by atoms with Crippen molar-refractivity contribution in [3.63, 3.8) is 0 Å². The van der Waals surface area contributed by atoms with Crippen LogP contribution in [0.3, 0.4) is 0 Å². The molecule has 2 N–H and O–H groups in total. The van der Waals surface area contributed by atoms with Gasteiger partial charge < -0.3 is 0 Å². The number of hydrogen-bond donors (Lipinski definition) is 2. The predicted octanol–water partition coefficient (Wildman–Crippen LogP) is 1.15. The molecule has 7 nitrogen and oxygen atoms in total. The first-order valence-corrected chi connectivity index (χ1v) is 9.79. The summed E-state index contributed by atoms with van der Waals surface area (Å²) in [5.74, 6) is 0.0913. The Bertz CT molecular complexity index is 734. The van der Waals surface area contributed by atoms with E-state index in [2.05, 4.69) is 9.44 Å². The number of benzene rings is 1. The number of rotatable bonds is 5. The summed E-state index contributed by atoms with van der Waals surface area (Å²) >= 11 is 5.96. The molecular weight excluding hydrogens is 338 g/mol. The quantitative estimate of drug-likeness (QED) is 0.829. The number of nitrogens with one attached hydrogen (secondary N) is 2. The van der Waals surface area contributed by atoms with Gasteiger partial charge in [-0.2, -0.15) is 13.1 Å². The SMILES string of the molecule is CCNS(=O)(=O)Nc1cc(N2CCCS2(=O)=O)ccc1Cl. The molecule has 0 bridgehead atoms. The second-order valence-electron chi connectivity index (χ2n) is 4.51. The van der Waals surface area contributed by atoms with Crippen LogP contribution in [0.25, 0.3) is 0 Å². The van der Waals surface area contributed by atoms with Gasteiger partial charge in [-0.3, -0.25) is 9.03 Å². The van der Waals surface area contributed by atoms with E-state index in [0.717, 1.165) is 0 Å². The molecule has 0 aromatic heterocycles. The molecule has 1 heterocycles. The smallest absolute Gasteiger partial charge is 0.270 e. The molecule has 0 spiro atoms. The molecule has 1 aliphatic heterocycles. The lowest BCUT2D eigenvalue weighted by Gasteiger charge is -2.18. The lowest BCUT2D eigenvalue weighted by Crippen LogP contribution is -2.30. The number of halogens is 1. The van der Waals surface area contributed by atoms with Crippen molar-refractivity contribution in [2.45, 2.75) is 13.3 Å². The molecule has 118 valence electrons. The summed E-state index contributed by atoms with van der Waals surface area (Å²) in [5.41, 5.74) is 0.531. The van der Waals surface area contributed by atoms with Crippen LogP contribution in [0.4, 0.5) is 11.4 Å². The van der Waals surface area contributed by atoms with E-state index in [-0.39, 0.29) is 23.0 Å². The molecule has 0 amide bonds. The largest absolute Gasteiger partial charge is 0.299 e. The minimum Gasteiger partial charge on any atom is -0.270 e. The molecular formula is C11H16ClN3O4S2. The zero-order valence-electron chi connectivity index (χ0n) is 11.3. The van der Waals surface area contributed by atoms with Crippen molar-refractivity contribution in [3.05, 3.63) is 23.2 Å². The molecule has 1 aromatic carbocycles. The van der Waals surface area contributed by atoms with Gasteiger partial charge in [-0.1, -0.05) is 18.5 Å². The van der Waals surface area contributed by atoms with Gasteiger partial charge in [0, 0.05) is 13.1 Å². The van der Waals surface area contributed by atoms with Gasteiger partial charge in [0.05, 0.1) is 22.2 Å². The van der Waals surface area contributed by atoms with Crippen molar-refractivity contribution in [2.75, 3.05) is 27.9 Å². The summed E-state index contributed by atoms with van der Waals surface area (Å²) in [4.78, 5) is 0. The minimum atomic E-state index is -3.73. The molecule has 1 saturated heterocycles. The first kappa shape index (κ1) is 16.3. The number of anilines is 2. The Morgan fingerprint density at radius 3 is 2.67 bits per heavy atom. The van der Waals surface area contributed by atoms with Crippen LogP contribution in [0.15, 0.2) is 18.2 Å². The molecule has 1 aromatic rings. The van der Waals surface area contributed by atoms with Crippen LogP contribution in [0.5, 0.6) is 0 Å². The summed E-state index contributed by atoms with van der Waals surface area (Å²) < 4.78 is 53.0. The summed E-state index contributed by atoms with van der Waals surface area (Å²) in [6.45, 7) is 2.25. The van der Waals surface area contributed by atoms with Crippen molar-refractivity contribution in [3.8, 4) is 0 Å². The molecule has 0 unspecified atom stereocenters. The van der Waals surface area contributed by atoms with Crippen LogP contribution >= 0.6 is 11.6 Å². The van der Waals surface area contributed by atoms with Crippen LogP contribution < -0.4 is 13.7 Å². The molecule has 0 aliphatic carbocycles. The van der Waals surface area contributed by atoms with Crippen LogP contribution in [0.2, 0.25) is 5.02 Å². The first-order chi connectivity index (χ1) is 9.75. The Hall–Kier alpha value is -1.03. The van der Waals surface area contributed by atoms with Gasteiger partial charge in [-0.15, -0.1) is 0 Å². The fraction of sp³-hybridized carbons (Fsp3) is 0.455. The van der Waals surface area contributed by atoms with Gasteiger partial charge in [-0.25, -0.2) is 8.42 Å². The zero-order chi connectivity index (χ0) is 15.7. The molecule has 1 aliphatic rings. The van der Waals surface area contributed by atoms with E-state index in [4.69, 9.17) is 11.6 Å². The molecule has 0 radical (unpaired) electrons. The van der Waals surface area contributed by atoms with Gasteiger partial charge >= 0.3 is 0 Å². The maximum atomic E-state index is 11.9. The summed E-state index contributed by atoms with van der Waals surface area (Å²) in [7, 11) is -7.05. The van der Waals surface area contributed by atoms with E-state index >= 15 is 0 Å². The number of nitrogens with zero attached hydrogens (tertiary/aromatic N) is 1. The lowest BCUT2D eigenvalue weighted by molar-refractivity contribution is 0.589. The summed E-state index contributed by atoms with van der Waals surface area (Å²) in [6.07, 6.45) is 0.545. The van der Waals surface area contributed by atoms with Crippen molar-refractivity contribution in [1.29, 1.82) is 0 Å². The highest BCUT2D eigenvalue weighted by atomic mass is 35.5. The van der Waals surface area contributed by atoms with E-state index < -0.39 is 20.2 Å². The van der Waals surface area contributed by atoms with Crippen molar-refractivity contribution in [2.24, 2.45) is 0 Å². The third-order valence-electron chi connectivity index (χ3n) is 2.92. The van der Waals surface area contributed by atoms with Gasteiger partial charge in [0.2, 0.25) is 10.0 Å². The molecule has 2 rings (SSSR count). The van der Waals surface area contributed by atoms with E-state index in [1.807, 2.05) is 0 Å². The average molecular weight is 354 g/mol. The second kappa shape index (κ2) is 5.99. The Balaban J connectivity index is 2.34. The fourth-order valence-electron chi connectivity index (χ4n) is 2.05. The molecule has 1 fully saturated rings. The lowest BCUT2D eigenvalue weighted by atomic mass is 10.3. The monoisotopic (exact) mass is 353 g/mol. The maximum Gasteiger partial charge on any atom is 0.299 e. The van der Waals surface area contributed by atoms with E-state index in [1.165, 1.54) is 16.4 Å². The number of hydrogen-bond acceptors (Lipinski definition) is 4. The maximum absolute atomic E-state index is 11.9. The van der Waals surface area contributed by atoms with Crippen LogP contribution in [-0.4, -0.2) is 35.7 Å². The second-order valence-corrected chi connectivity index (χ2v) is 8.43. The molecule has 10 heteroatoms. The van der Waals surface area contributed by atoms with Crippen LogP contribution in [-0.2, 0) is 20.2 Å². The van der Waals surface area contributed by atoms with E-state index in [1.54, 1.807) is 13.0 Å². The molecule has 0 saturated carbocycles. The third kappa shape index (κ3) is 3.79. The van der Waals surface area contributed by atoms with Crippen molar-refractivity contribution >= 4 is 43.2 Å². The third-order valence-corrected chi connectivity index (χ3v) is 6.27. The van der Waals surface area contributed by atoms with Crippen molar-refractivity contribution in [1.82, 2.24) is 4.72 Å². The van der Waals surface area contributed by atoms with E-state index in [9.17, 15) is 16.8 Å². The van der Waals surface area contributed by atoms with E-state index in [0.29, 0.717) is 18.7 Å². The standard InChI is InChI=1S/C11H16ClN3O4S2/c1-2-13-21(18,19)14-11-8-9(4-5-10(11)12)15-6-3-7-20(15,16)17/h4-5,8,13-14H,2-3,6-7H2,1H3. The summed E-state index contributed by atoms with van der Waals surface area (Å²) in [5, 5.41) is 0.192. The summed E-state index contributed by atoms with van der Waals surface area (Å²) in [6, 6.07) is 4.44. The topological polar surface area (TPSA) is 95.6 Å². The van der Waals surface area contributed by atoms with Crippen LogP contribution in [0.1, 0.15) is 13.3 Å². The van der Waals surface area contributed by atoms with Crippen LogP contribution in [0, 0.1) is 0 Å². The highest BCUT2D eigenvalue weighted by molar-refractivity contribution is 7.93. The predicted molar refractivity (Wildman–Crippen MR) is 83.4 cm³/mol. The first-order valence-electron chi connectivity index (χ1n) is 6.32. The minimum absolute atomic E-state index is 0.0913. The van der Waals surface area contributed by atoms with Gasteiger partial charge in [0.25, 0.3) is 10.2 Å². The van der Waals surface area contributed by atoms with Gasteiger partial charge in [0.15, 0.2) is 0 Å². The Labute approximate surface area is 129 Å². The van der Waals surface area contributed by atoms with Crippen molar-refractivity contribution < 1.29 is 16.8 Å². The Morgan fingerprint density at radius 1 is 1.38 bits per heavy atom. The average Bonchev–Trinajstić information content (AvgIpc) is 2.71. The van der Waals surface area contributed by atoms with Gasteiger partial charge in [-0.05, 0) is 24.6 Å². The highest BCUT2D eigenvalue weighted by Crippen LogP contribution is 2.31. The molecule has 0 atom stereocenters. The van der Waals surface area contributed by atoms with Gasteiger partial charge in [0.1, 0.15) is 0 Å². The fourth-order valence-corrected chi connectivity index (χ4v) is 4.73. The Morgan fingerprint density at radius 2 is 2.10 bits per heavy atom. The Kier molecular flexibility index (Phi) is 4.66.